The van der Waals surface area contributed by atoms with Crippen molar-refractivity contribution in [3.8, 4) is 0 Å². The molecule has 0 aliphatic carbocycles. The van der Waals surface area contributed by atoms with Crippen LogP contribution in [0.3, 0.4) is 0 Å². The molecule has 158 valence electrons. The number of morpholine rings is 1. The van der Waals surface area contributed by atoms with E-state index in [1.807, 2.05) is 44.2 Å². The van der Waals surface area contributed by atoms with Crippen molar-refractivity contribution in [1.82, 2.24) is 9.80 Å². The zero-order valence-corrected chi connectivity index (χ0v) is 17.3. The number of benzene rings is 1. The first-order valence-corrected chi connectivity index (χ1v) is 9.96. The first-order chi connectivity index (χ1) is 13.5. The third-order valence-corrected chi connectivity index (χ3v) is 4.61. The Morgan fingerprint density at radius 1 is 1.36 bits per heavy atom. The number of aliphatic hydroxyl groups excluding tert-OH is 1. The van der Waals surface area contributed by atoms with Gasteiger partial charge in [-0.1, -0.05) is 18.2 Å². The summed E-state index contributed by atoms with van der Waals surface area (Å²) in [5.41, 5.74) is 0.660. The fourth-order valence-corrected chi connectivity index (χ4v) is 3.20. The molecule has 1 saturated heterocycles. The minimum Gasteiger partial charge on any atom is -0.389 e. The smallest absolute Gasteiger partial charge is 0.254 e. The first-order valence-electron chi connectivity index (χ1n) is 9.96. The van der Waals surface area contributed by atoms with Gasteiger partial charge in [0.25, 0.3) is 5.91 Å². The summed E-state index contributed by atoms with van der Waals surface area (Å²) in [5.74, 6) is -0.0243. The van der Waals surface area contributed by atoms with Gasteiger partial charge in [0, 0.05) is 45.4 Å². The predicted molar refractivity (Wildman–Crippen MR) is 107 cm³/mol. The van der Waals surface area contributed by atoms with Crippen molar-refractivity contribution < 1.29 is 24.1 Å². The number of nitrogens with zero attached hydrogens (tertiary/aromatic N) is 2. The van der Waals surface area contributed by atoms with E-state index in [2.05, 4.69) is 4.90 Å². The van der Waals surface area contributed by atoms with Crippen LogP contribution in [0.2, 0.25) is 0 Å². The minimum atomic E-state index is -0.531. The molecule has 1 aromatic carbocycles. The largest absolute Gasteiger partial charge is 0.389 e. The van der Waals surface area contributed by atoms with E-state index in [9.17, 15) is 9.90 Å². The first kappa shape index (κ1) is 22.8. The molecular weight excluding hydrogens is 360 g/mol. The van der Waals surface area contributed by atoms with Gasteiger partial charge in [-0.3, -0.25) is 9.69 Å². The normalized spacial score (nSPS) is 19.0. The van der Waals surface area contributed by atoms with Crippen molar-refractivity contribution in [3.63, 3.8) is 0 Å². The van der Waals surface area contributed by atoms with Crippen molar-refractivity contribution in [2.75, 3.05) is 59.7 Å². The van der Waals surface area contributed by atoms with Crippen LogP contribution < -0.4 is 0 Å². The fourth-order valence-electron chi connectivity index (χ4n) is 3.20. The van der Waals surface area contributed by atoms with Gasteiger partial charge in [0.1, 0.15) is 0 Å². The topological polar surface area (TPSA) is 71.5 Å². The maximum atomic E-state index is 12.9. The summed E-state index contributed by atoms with van der Waals surface area (Å²) in [4.78, 5) is 16.8. The molecule has 7 heteroatoms. The Kier molecular flexibility index (Phi) is 9.87. The van der Waals surface area contributed by atoms with E-state index in [0.29, 0.717) is 51.6 Å². The summed E-state index contributed by atoms with van der Waals surface area (Å²) in [6.45, 7) is 8.26. The standard InChI is InChI=1S/C21H34N2O5/c1-17(2)28-16-19(24)13-22-9-12-27-20(14-22)15-23(10-11-26-3)21(25)18-7-5-4-6-8-18/h4-8,17,19-20,24H,9-16H2,1-3H3. The van der Waals surface area contributed by atoms with E-state index in [1.54, 1.807) is 12.0 Å². The molecule has 1 heterocycles. The summed E-state index contributed by atoms with van der Waals surface area (Å²) in [6.07, 6.45) is -0.529. The van der Waals surface area contributed by atoms with Crippen LogP contribution in [0.4, 0.5) is 0 Å². The molecule has 1 amide bonds. The maximum Gasteiger partial charge on any atom is 0.254 e. The average Bonchev–Trinajstić information content (AvgIpc) is 2.70. The summed E-state index contributed by atoms with van der Waals surface area (Å²) in [7, 11) is 1.63. The second-order valence-corrected chi connectivity index (χ2v) is 7.40. The van der Waals surface area contributed by atoms with Crippen molar-refractivity contribution in [2.45, 2.75) is 32.2 Å². The zero-order valence-electron chi connectivity index (χ0n) is 17.3. The lowest BCUT2D eigenvalue weighted by Crippen LogP contribution is -2.51. The highest BCUT2D eigenvalue weighted by molar-refractivity contribution is 5.94. The number of hydrogen-bond acceptors (Lipinski definition) is 6. The van der Waals surface area contributed by atoms with E-state index in [1.165, 1.54) is 0 Å². The number of carbonyl (C=O) groups is 1. The van der Waals surface area contributed by atoms with Crippen LogP contribution in [0.25, 0.3) is 0 Å². The highest BCUT2D eigenvalue weighted by Crippen LogP contribution is 2.11. The van der Waals surface area contributed by atoms with Gasteiger partial charge in [-0.15, -0.1) is 0 Å². The Morgan fingerprint density at radius 2 is 2.11 bits per heavy atom. The van der Waals surface area contributed by atoms with Gasteiger partial charge in [-0.05, 0) is 26.0 Å². The van der Waals surface area contributed by atoms with Crippen LogP contribution in [-0.4, -0.2) is 98.8 Å². The number of hydrogen-bond donors (Lipinski definition) is 1. The van der Waals surface area contributed by atoms with Crippen LogP contribution >= 0.6 is 0 Å². The minimum absolute atomic E-state index is 0.0243. The predicted octanol–water partition coefficient (Wildman–Crippen LogP) is 1.26. The lowest BCUT2D eigenvalue weighted by atomic mass is 10.1. The number of amides is 1. The monoisotopic (exact) mass is 394 g/mol. The number of carbonyl (C=O) groups excluding carboxylic acids is 1. The number of aliphatic hydroxyl groups is 1. The quantitative estimate of drug-likeness (QED) is 0.609. The van der Waals surface area contributed by atoms with E-state index in [0.717, 1.165) is 6.54 Å². The van der Waals surface area contributed by atoms with Gasteiger partial charge in [0.05, 0.1) is 38.1 Å². The Balaban J connectivity index is 1.91. The zero-order chi connectivity index (χ0) is 20.4. The highest BCUT2D eigenvalue weighted by atomic mass is 16.5. The van der Waals surface area contributed by atoms with Gasteiger partial charge in [0.2, 0.25) is 0 Å². The Labute approximate surface area is 168 Å². The Bertz CT molecular complexity index is 569. The van der Waals surface area contributed by atoms with Gasteiger partial charge in [-0.25, -0.2) is 0 Å². The molecular formula is C21H34N2O5. The molecule has 1 aromatic rings. The van der Waals surface area contributed by atoms with E-state index >= 15 is 0 Å². The molecule has 0 radical (unpaired) electrons. The van der Waals surface area contributed by atoms with E-state index < -0.39 is 6.10 Å². The van der Waals surface area contributed by atoms with Crippen LogP contribution in [0.5, 0.6) is 0 Å². The average molecular weight is 395 g/mol. The second-order valence-electron chi connectivity index (χ2n) is 7.40. The molecule has 0 spiro atoms. The maximum absolute atomic E-state index is 12.9. The van der Waals surface area contributed by atoms with Gasteiger partial charge in [0.15, 0.2) is 0 Å². The van der Waals surface area contributed by atoms with Crippen molar-refractivity contribution in [2.24, 2.45) is 0 Å². The molecule has 0 saturated carbocycles. The third kappa shape index (κ3) is 7.85. The van der Waals surface area contributed by atoms with Crippen molar-refractivity contribution in [3.05, 3.63) is 35.9 Å². The number of β-amino-alcohol motifs (C(OH)–C–C–N with tert-alkyl or cyclic N) is 1. The number of ether oxygens (including phenoxy) is 3. The lowest BCUT2D eigenvalue weighted by molar-refractivity contribution is -0.0634. The molecule has 1 aliphatic heterocycles. The van der Waals surface area contributed by atoms with Gasteiger partial charge in [-0.2, -0.15) is 0 Å². The Morgan fingerprint density at radius 3 is 2.79 bits per heavy atom. The number of methoxy groups -OCH3 is 1. The molecule has 7 nitrogen and oxygen atoms in total. The molecule has 1 N–H and O–H groups in total. The van der Waals surface area contributed by atoms with Crippen LogP contribution in [0, 0.1) is 0 Å². The van der Waals surface area contributed by atoms with Crippen LogP contribution in [-0.2, 0) is 14.2 Å². The summed E-state index contributed by atoms with van der Waals surface area (Å²) < 4.78 is 16.6. The third-order valence-electron chi connectivity index (χ3n) is 4.61. The van der Waals surface area contributed by atoms with E-state index in [4.69, 9.17) is 14.2 Å². The van der Waals surface area contributed by atoms with Crippen LogP contribution in [0.1, 0.15) is 24.2 Å². The molecule has 2 unspecified atom stereocenters. The SMILES string of the molecule is COCCN(CC1CN(CC(O)COC(C)C)CCO1)C(=O)c1ccccc1. The summed E-state index contributed by atoms with van der Waals surface area (Å²) in [6, 6.07) is 9.26. The Hall–Kier alpha value is -1.51. The fraction of sp³-hybridized carbons (Fsp3) is 0.667. The number of rotatable bonds is 11. The molecule has 1 aliphatic rings. The molecule has 2 rings (SSSR count). The molecule has 2 atom stereocenters. The van der Waals surface area contributed by atoms with Crippen molar-refractivity contribution >= 4 is 5.91 Å². The van der Waals surface area contributed by atoms with Gasteiger partial charge >= 0.3 is 0 Å². The molecule has 1 fully saturated rings. The summed E-state index contributed by atoms with van der Waals surface area (Å²) in [5, 5.41) is 10.2. The van der Waals surface area contributed by atoms with Gasteiger partial charge < -0.3 is 24.2 Å². The van der Waals surface area contributed by atoms with Crippen LogP contribution in [0.15, 0.2) is 30.3 Å². The highest BCUT2D eigenvalue weighted by Gasteiger charge is 2.26. The second kappa shape index (κ2) is 12.1. The lowest BCUT2D eigenvalue weighted by Gasteiger charge is -2.36. The molecule has 28 heavy (non-hydrogen) atoms. The molecule has 0 bridgehead atoms. The van der Waals surface area contributed by atoms with Crippen molar-refractivity contribution in [1.29, 1.82) is 0 Å². The summed E-state index contributed by atoms with van der Waals surface area (Å²) >= 11 is 0. The molecule has 0 aromatic heterocycles. The van der Waals surface area contributed by atoms with E-state index in [-0.39, 0.29) is 18.1 Å².